The van der Waals surface area contributed by atoms with Crippen LogP contribution in [0.2, 0.25) is 10.2 Å². The molecule has 1 aromatic carbocycles. The van der Waals surface area contributed by atoms with Crippen LogP contribution >= 0.6 is 35.0 Å². The number of hydrogen-bond acceptors (Lipinski definition) is 8. The van der Waals surface area contributed by atoms with Crippen molar-refractivity contribution in [2.45, 2.75) is 82.6 Å². The van der Waals surface area contributed by atoms with Crippen molar-refractivity contribution in [1.82, 2.24) is 25.0 Å². The molecule has 5 aliphatic rings. The number of allylic oxidation sites excluding steroid dienone is 1. The van der Waals surface area contributed by atoms with Gasteiger partial charge in [0.15, 0.2) is 5.17 Å². The third-order valence-corrected chi connectivity index (χ3v) is 11.9. The molecule has 2 saturated heterocycles. The minimum atomic E-state index is -0.756. The highest BCUT2D eigenvalue weighted by molar-refractivity contribution is 8.18. The van der Waals surface area contributed by atoms with Crippen molar-refractivity contribution < 1.29 is 14.3 Å². The molecule has 4 aliphatic heterocycles. The minimum absolute atomic E-state index is 0.00325. The van der Waals surface area contributed by atoms with Gasteiger partial charge in [0.05, 0.1) is 18.2 Å². The van der Waals surface area contributed by atoms with Crippen molar-refractivity contribution >= 4 is 51.9 Å². The molecule has 3 fully saturated rings. The summed E-state index contributed by atoms with van der Waals surface area (Å²) in [5.74, 6) is 0.548. The zero-order valence-electron chi connectivity index (χ0n) is 26.8. The van der Waals surface area contributed by atoms with Crippen LogP contribution in [-0.2, 0) is 15.1 Å². The molecule has 1 aromatic heterocycles. The summed E-state index contributed by atoms with van der Waals surface area (Å²) in [6.45, 7) is 10.6. The molecule has 46 heavy (non-hydrogen) atoms. The van der Waals surface area contributed by atoms with E-state index >= 15 is 0 Å². The Morgan fingerprint density at radius 3 is 2.61 bits per heavy atom. The van der Waals surface area contributed by atoms with E-state index in [0.717, 1.165) is 54.3 Å². The fraction of sp³-hybridized carbons (Fsp3) is 0.529. The lowest BCUT2D eigenvalue weighted by Crippen LogP contribution is -2.58. The van der Waals surface area contributed by atoms with Crippen LogP contribution in [-0.4, -0.2) is 81.0 Å². The highest BCUT2D eigenvalue weighted by Crippen LogP contribution is 2.57. The van der Waals surface area contributed by atoms with Gasteiger partial charge in [-0.15, -0.1) is 0 Å². The van der Waals surface area contributed by atoms with Crippen molar-refractivity contribution in [2.24, 2.45) is 10.9 Å². The number of piperazine rings is 1. The van der Waals surface area contributed by atoms with E-state index in [4.69, 9.17) is 32.9 Å². The molecule has 0 bridgehead atoms. The normalized spacial score (nSPS) is 28.3. The van der Waals surface area contributed by atoms with Crippen LogP contribution in [0.15, 0.2) is 52.1 Å². The number of carbonyl (C=O) groups is 2. The average Bonchev–Trinajstić information content (AvgIpc) is 3.35. The Hall–Kier alpha value is -2.79. The number of nitrogens with zero attached hydrogens (tertiary/aromatic N) is 5. The number of likely N-dealkylation sites (tertiary alicyclic amines) is 1. The number of methoxy groups -OCH3 is 1. The Balaban J connectivity index is 1.28. The molecule has 7 rings (SSSR count). The first-order valence-corrected chi connectivity index (χ1v) is 17.7. The standard InChI is InChI=1S/C34H40Cl2N6O3S/c1-19(2)27-28(31(44)41-20(3)6-10-24(41)30(43)40-15-14-38-34(18-40)12-13-34)46-32-39-33(4,22-8-11-26(36)37-17-22)29(42(27)32)21-7-9-23(35)25(16-21)45-5/h7-9,11,16-17,19-20,24,29,38H,6,10,12-15,18H2,1-5H3/t20-,24+,29-,33+/m1/s1. The third-order valence-electron chi connectivity index (χ3n) is 10.3. The van der Waals surface area contributed by atoms with Gasteiger partial charge >= 0.3 is 0 Å². The molecule has 1 saturated carbocycles. The zero-order chi connectivity index (χ0) is 32.5. The highest BCUT2D eigenvalue weighted by Gasteiger charge is 2.55. The van der Waals surface area contributed by atoms with Crippen LogP contribution in [0.1, 0.15) is 70.5 Å². The summed E-state index contributed by atoms with van der Waals surface area (Å²) in [7, 11) is 1.60. The minimum Gasteiger partial charge on any atom is -0.495 e. The molecule has 1 aliphatic carbocycles. The monoisotopic (exact) mass is 682 g/mol. The number of carbonyl (C=O) groups excluding carboxylic acids is 2. The fourth-order valence-corrected chi connectivity index (χ4v) is 9.34. The molecule has 0 unspecified atom stereocenters. The van der Waals surface area contributed by atoms with Gasteiger partial charge in [-0.3, -0.25) is 9.59 Å². The number of halogens is 2. The SMILES string of the molecule is COc1cc([C@H]2N3C(=N[C@@]2(C)c2ccc(Cl)nc2)SC(C(=O)N2[C@H](C)CC[C@H]2C(=O)N2CCNC4(CC4)C2)=C3C(C)C)ccc1Cl. The predicted molar refractivity (Wildman–Crippen MR) is 182 cm³/mol. The number of pyridine rings is 1. The molecule has 12 heteroatoms. The summed E-state index contributed by atoms with van der Waals surface area (Å²) in [6.07, 6.45) is 5.45. The van der Waals surface area contributed by atoms with Gasteiger partial charge in [-0.2, -0.15) is 0 Å². The first-order chi connectivity index (χ1) is 22.0. The molecule has 2 aromatic rings. The topological polar surface area (TPSA) is 90.4 Å². The Labute approximate surface area is 284 Å². The summed E-state index contributed by atoms with van der Waals surface area (Å²) in [6, 6.07) is 8.70. The van der Waals surface area contributed by atoms with E-state index < -0.39 is 11.6 Å². The molecular formula is C34H40Cl2N6O3S. The van der Waals surface area contributed by atoms with Crippen LogP contribution < -0.4 is 10.1 Å². The van der Waals surface area contributed by atoms with Crippen LogP contribution in [0.5, 0.6) is 5.75 Å². The maximum atomic E-state index is 14.7. The second kappa shape index (κ2) is 11.7. The average molecular weight is 684 g/mol. The number of hydrogen-bond donors (Lipinski definition) is 1. The van der Waals surface area contributed by atoms with E-state index in [0.29, 0.717) is 33.8 Å². The van der Waals surface area contributed by atoms with Crippen molar-refractivity contribution in [2.75, 3.05) is 26.7 Å². The Morgan fingerprint density at radius 1 is 1.15 bits per heavy atom. The Kier molecular flexibility index (Phi) is 8.10. The van der Waals surface area contributed by atoms with Crippen LogP contribution in [0.25, 0.3) is 0 Å². The fourth-order valence-electron chi connectivity index (χ4n) is 7.68. The molecular weight excluding hydrogens is 643 g/mol. The lowest BCUT2D eigenvalue weighted by molar-refractivity contribution is -0.144. The summed E-state index contributed by atoms with van der Waals surface area (Å²) < 4.78 is 5.62. The maximum absolute atomic E-state index is 14.7. The largest absolute Gasteiger partial charge is 0.495 e. The summed E-state index contributed by atoms with van der Waals surface area (Å²) >= 11 is 14.1. The molecule has 5 heterocycles. The summed E-state index contributed by atoms with van der Waals surface area (Å²) in [4.78, 5) is 45.1. The van der Waals surface area contributed by atoms with Gasteiger partial charge in [-0.05, 0) is 81.0 Å². The maximum Gasteiger partial charge on any atom is 0.263 e. The first-order valence-electron chi connectivity index (χ1n) is 16.1. The van der Waals surface area contributed by atoms with E-state index in [-0.39, 0.29) is 35.4 Å². The lowest BCUT2D eigenvalue weighted by Gasteiger charge is -2.38. The second-order valence-corrected chi connectivity index (χ2v) is 15.4. The number of amidine groups is 1. The van der Waals surface area contributed by atoms with Crippen molar-refractivity contribution in [1.29, 1.82) is 0 Å². The van der Waals surface area contributed by atoms with Gasteiger partial charge in [0, 0.05) is 48.7 Å². The van der Waals surface area contributed by atoms with Gasteiger partial charge in [0.25, 0.3) is 5.91 Å². The number of fused-ring (bicyclic) bond motifs is 1. The van der Waals surface area contributed by atoms with E-state index in [1.165, 1.54) is 11.8 Å². The number of rotatable bonds is 6. The van der Waals surface area contributed by atoms with Crippen LogP contribution in [0.4, 0.5) is 0 Å². The smallest absolute Gasteiger partial charge is 0.263 e. The van der Waals surface area contributed by atoms with Crippen molar-refractivity contribution in [3.63, 3.8) is 0 Å². The second-order valence-electron chi connectivity index (χ2n) is 13.7. The molecule has 9 nitrogen and oxygen atoms in total. The third kappa shape index (κ3) is 5.20. The van der Waals surface area contributed by atoms with E-state index in [2.05, 4.69) is 42.9 Å². The predicted octanol–water partition coefficient (Wildman–Crippen LogP) is 5.98. The highest BCUT2D eigenvalue weighted by atomic mass is 35.5. The van der Waals surface area contributed by atoms with E-state index in [1.807, 2.05) is 34.1 Å². The number of amides is 2. The van der Waals surface area contributed by atoms with Crippen molar-refractivity contribution in [3.05, 3.63) is 68.4 Å². The molecule has 244 valence electrons. The lowest BCUT2D eigenvalue weighted by atomic mass is 9.81. The number of aliphatic imine (C=N–C) groups is 1. The number of ether oxygens (including phenoxy) is 1. The van der Waals surface area contributed by atoms with E-state index in [9.17, 15) is 9.59 Å². The summed E-state index contributed by atoms with van der Waals surface area (Å²) in [5.41, 5.74) is 2.07. The zero-order valence-corrected chi connectivity index (χ0v) is 29.2. The number of aromatic nitrogens is 1. The number of nitrogens with one attached hydrogen (secondary N) is 1. The number of thioether (sulfide) groups is 1. The molecule has 4 atom stereocenters. The van der Waals surface area contributed by atoms with Crippen molar-refractivity contribution in [3.8, 4) is 5.75 Å². The quantitative estimate of drug-likeness (QED) is 0.375. The van der Waals surface area contributed by atoms with Crippen LogP contribution in [0.3, 0.4) is 0 Å². The summed E-state index contributed by atoms with van der Waals surface area (Å²) in [5, 5.41) is 5.26. The first kappa shape index (κ1) is 31.8. The molecule has 0 radical (unpaired) electrons. The number of benzene rings is 1. The van der Waals surface area contributed by atoms with Gasteiger partial charge in [-0.25, -0.2) is 9.98 Å². The molecule has 1 N–H and O–H groups in total. The van der Waals surface area contributed by atoms with Gasteiger partial charge in [0.2, 0.25) is 5.91 Å². The molecule has 1 spiro atoms. The Bertz CT molecular complexity index is 1640. The molecule has 2 amide bonds. The van der Waals surface area contributed by atoms with Gasteiger partial charge < -0.3 is 24.8 Å². The Morgan fingerprint density at radius 2 is 1.93 bits per heavy atom. The van der Waals surface area contributed by atoms with Gasteiger partial charge in [-0.1, -0.05) is 49.2 Å². The van der Waals surface area contributed by atoms with Crippen LogP contribution in [0, 0.1) is 5.92 Å². The van der Waals surface area contributed by atoms with Gasteiger partial charge in [0.1, 0.15) is 27.4 Å². The van der Waals surface area contributed by atoms with E-state index in [1.54, 1.807) is 19.4 Å².